The maximum Gasteiger partial charge on any atom is 0.228 e. The maximum atomic E-state index is 6.28. The highest BCUT2D eigenvalue weighted by Gasteiger charge is 2.33. The predicted molar refractivity (Wildman–Crippen MR) is 133 cm³/mol. The zero-order valence-corrected chi connectivity index (χ0v) is 19.9. The molecule has 7 nitrogen and oxygen atoms in total. The van der Waals surface area contributed by atoms with Crippen LogP contribution < -0.4 is 14.2 Å². The summed E-state index contributed by atoms with van der Waals surface area (Å²) in [5.74, 6) is 3.13. The Bertz CT molecular complexity index is 1530. The van der Waals surface area contributed by atoms with Gasteiger partial charge in [-0.15, -0.1) is 5.10 Å². The van der Waals surface area contributed by atoms with Gasteiger partial charge in [-0.25, -0.2) is 14.5 Å². The first-order valence-electron chi connectivity index (χ1n) is 11.2. The lowest BCUT2D eigenvalue weighted by Crippen LogP contribution is -2.15. The summed E-state index contributed by atoms with van der Waals surface area (Å²) in [7, 11) is 1.64. The Balaban J connectivity index is 1.54. The highest BCUT2D eigenvalue weighted by molar-refractivity contribution is 6.30. The lowest BCUT2D eigenvalue weighted by molar-refractivity contribution is 0.336. The van der Waals surface area contributed by atoms with Gasteiger partial charge in [-0.3, -0.25) is 0 Å². The fourth-order valence-corrected chi connectivity index (χ4v) is 4.54. The number of rotatable bonds is 5. The number of hydrogen-bond donors (Lipinski definition) is 0. The second-order valence-corrected chi connectivity index (χ2v) is 8.55. The summed E-state index contributed by atoms with van der Waals surface area (Å²) in [5.41, 5.74) is 4.45. The van der Waals surface area contributed by atoms with Crippen LogP contribution in [0.5, 0.6) is 23.1 Å². The monoisotopic (exact) mass is 484 g/mol. The van der Waals surface area contributed by atoms with Crippen LogP contribution in [-0.2, 0) is 0 Å². The predicted octanol–water partition coefficient (Wildman–Crippen LogP) is 6.14. The number of benzene rings is 3. The van der Waals surface area contributed by atoms with E-state index in [4.69, 9.17) is 30.8 Å². The molecule has 1 aliphatic rings. The van der Waals surface area contributed by atoms with E-state index >= 15 is 0 Å². The van der Waals surface area contributed by atoms with E-state index in [0.29, 0.717) is 34.7 Å². The van der Waals surface area contributed by atoms with Crippen molar-refractivity contribution in [2.24, 2.45) is 0 Å². The molecule has 6 rings (SSSR count). The van der Waals surface area contributed by atoms with Crippen LogP contribution >= 0.6 is 11.6 Å². The second-order valence-electron chi connectivity index (χ2n) is 8.11. The lowest BCUT2D eigenvalue weighted by atomic mass is 9.84. The van der Waals surface area contributed by atoms with Gasteiger partial charge in [0.25, 0.3) is 0 Å². The third-order valence-corrected chi connectivity index (χ3v) is 6.29. The molecule has 0 bridgehead atoms. The Labute approximate surface area is 206 Å². The molecule has 0 N–H and O–H groups in total. The van der Waals surface area contributed by atoms with Gasteiger partial charge in [-0.1, -0.05) is 29.8 Å². The van der Waals surface area contributed by atoms with E-state index in [1.165, 1.54) is 0 Å². The average molecular weight is 485 g/mol. The van der Waals surface area contributed by atoms with Gasteiger partial charge in [0.05, 0.1) is 19.3 Å². The number of nitrogens with zero attached hydrogens (tertiary/aromatic N) is 4. The topological polar surface area (TPSA) is 70.8 Å². The Kier molecular flexibility index (Phi) is 5.26. The second kappa shape index (κ2) is 8.60. The molecule has 0 saturated carbocycles. The summed E-state index contributed by atoms with van der Waals surface area (Å²) in [6.45, 7) is 2.53. The van der Waals surface area contributed by atoms with Gasteiger partial charge in [0.15, 0.2) is 11.5 Å². The molecule has 2 aromatic heterocycles. The minimum atomic E-state index is -0.175. The third kappa shape index (κ3) is 3.74. The van der Waals surface area contributed by atoms with E-state index in [9.17, 15) is 0 Å². The normalized spacial score (nSPS) is 14.2. The fourth-order valence-electron chi connectivity index (χ4n) is 4.42. The van der Waals surface area contributed by atoms with Crippen molar-refractivity contribution in [3.63, 3.8) is 0 Å². The summed E-state index contributed by atoms with van der Waals surface area (Å²) < 4.78 is 19.0. The summed E-state index contributed by atoms with van der Waals surface area (Å²) in [6, 6.07) is 21.4. The SMILES string of the molecule is CCOc1ccc2c(c1)Oc1ncn3nc(-c4ccc(OC)cc4)nc3c1C2c1ccc(Cl)cc1. The molecule has 35 heavy (non-hydrogen) atoms. The molecule has 5 aromatic rings. The van der Waals surface area contributed by atoms with Gasteiger partial charge in [0, 0.05) is 28.1 Å². The third-order valence-electron chi connectivity index (χ3n) is 6.04. The molecule has 8 heteroatoms. The van der Waals surface area contributed by atoms with Crippen LogP contribution in [0.1, 0.15) is 29.5 Å². The van der Waals surface area contributed by atoms with Crippen molar-refractivity contribution < 1.29 is 14.2 Å². The zero-order chi connectivity index (χ0) is 23.9. The van der Waals surface area contributed by atoms with E-state index in [0.717, 1.165) is 33.8 Å². The molecule has 1 unspecified atom stereocenters. The van der Waals surface area contributed by atoms with Crippen molar-refractivity contribution in [2.45, 2.75) is 12.8 Å². The number of methoxy groups -OCH3 is 1. The molecule has 0 amide bonds. The van der Waals surface area contributed by atoms with E-state index < -0.39 is 0 Å². The highest BCUT2D eigenvalue weighted by Crippen LogP contribution is 2.48. The molecular formula is C27H21ClN4O3. The van der Waals surface area contributed by atoms with Crippen LogP contribution in [0.25, 0.3) is 17.0 Å². The molecule has 0 fully saturated rings. The number of ether oxygens (including phenoxy) is 3. The first-order chi connectivity index (χ1) is 17.1. The largest absolute Gasteiger partial charge is 0.497 e. The number of aromatic nitrogens is 4. The van der Waals surface area contributed by atoms with Crippen molar-refractivity contribution >= 4 is 17.2 Å². The smallest absolute Gasteiger partial charge is 0.228 e. The lowest BCUT2D eigenvalue weighted by Gasteiger charge is -2.28. The first kappa shape index (κ1) is 21.4. The fraction of sp³-hybridized carbons (Fsp3) is 0.148. The van der Waals surface area contributed by atoms with E-state index in [1.54, 1.807) is 18.0 Å². The van der Waals surface area contributed by atoms with Gasteiger partial charge >= 0.3 is 0 Å². The maximum absolute atomic E-state index is 6.28. The van der Waals surface area contributed by atoms with Crippen LogP contribution in [0.3, 0.4) is 0 Å². The first-order valence-corrected chi connectivity index (χ1v) is 11.6. The van der Waals surface area contributed by atoms with Crippen LogP contribution in [0.2, 0.25) is 5.02 Å². The number of hydrogen-bond acceptors (Lipinski definition) is 6. The van der Waals surface area contributed by atoms with Gasteiger partial charge in [-0.2, -0.15) is 0 Å². The molecule has 3 aromatic carbocycles. The van der Waals surface area contributed by atoms with E-state index in [-0.39, 0.29) is 5.92 Å². The molecule has 0 aliphatic carbocycles. The Morgan fingerprint density at radius 3 is 2.51 bits per heavy atom. The Hall–Kier alpha value is -4.10. The van der Waals surface area contributed by atoms with Crippen LogP contribution in [0, 0.1) is 0 Å². The number of fused-ring (bicyclic) bond motifs is 4. The van der Waals surface area contributed by atoms with Crippen LogP contribution in [0.15, 0.2) is 73.1 Å². The van der Waals surface area contributed by atoms with Gasteiger partial charge < -0.3 is 14.2 Å². The van der Waals surface area contributed by atoms with E-state index in [2.05, 4.69) is 10.1 Å². The molecule has 1 atom stereocenters. The summed E-state index contributed by atoms with van der Waals surface area (Å²) in [5, 5.41) is 5.36. The summed E-state index contributed by atoms with van der Waals surface area (Å²) in [6.07, 6.45) is 1.63. The standard InChI is InChI=1S/C27H21ClN4O3/c1-3-34-20-12-13-21-22(14-20)35-27-24(23(21)16-4-8-18(28)9-5-16)26-30-25(31-32(26)15-29-27)17-6-10-19(33-2)11-7-17/h4-15,23H,3H2,1-2H3. The van der Waals surface area contributed by atoms with Gasteiger partial charge in [-0.05, 0) is 55.0 Å². The molecular weight excluding hydrogens is 464 g/mol. The Morgan fingerprint density at radius 1 is 1.00 bits per heavy atom. The summed E-state index contributed by atoms with van der Waals surface area (Å²) >= 11 is 6.21. The molecule has 0 spiro atoms. The minimum absolute atomic E-state index is 0.175. The van der Waals surface area contributed by atoms with Crippen LogP contribution in [0.4, 0.5) is 0 Å². The zero-order valence-electron chi connectivity index (χ0n) is 19.1. The van der Waals surface area contributed by atoms with Gasteiger partial charge in [0.2, 0.25) is 5.88 Å². The average Bonchev–Trinajstić information content (AvgIpc) is 3.33. The molecule has 1 aliphatic heterocycles. The van der Waals surface area contributed by atoms with Crippen molar-refractivity contribution in [1.29, 1.82) is 0 Å². The van der Waals surface area contributed by atoms with Crippen LogP contribution in [-0.4, -0.2) is 33.3 Å². The van der Waals surface area contributed by atoms with E-state index in [1.807, 2.05) is 73.7 Å². The molecule has 0 radical (unpaired) electrons. The quantitative estimate of drug-likeness (QED) is 0.293. The molecule has 3 heterocycles. The Morgan fingerprint density at radius 2 is 1.77 bits per heavy atom. The minimum Gasteiger partial charge on any atom is -0.497 e. The summed E-state index contributed by atoms with van der Waals surface area (Å²) in [4.78, 5) is 9.51. The van der Waals surface area contributed by atoms with Crippen molar-refractivity contribution in [1.82, 2.24) is 19.6 Å². The van der Waals surface area contributed by atoms with Gasteiger partial charge in [0.1, 0.15) is 23.6 Å². The molecule has 0 saturated heterocycles. The van der Waals surface area contributed by atoms with Crippen molar-refractivity contribution in [3.05, 3.63) is 94.8 Å². The highest BCUT2D eigenvalue weighted by atomic mass is 35.5. The van der Waals surface area contributed by atoms with Crippen molar-refractivity contribution in [2.75, 3.05) is 13.7 Å². The molecule has 174 valence electrons. The van der Waals surface area contributed by atoms with Crippen molar-refractivity contribution in [3.8, 4) is 34.5 Å². The number of halogens is 1.